The molecule has 2 aromatic heterocycles. The van der Waals surface area contributed by atoms with Gasteiger partial charge in [0.25, 0.3) is 11.5 Å². The maximum atomic E-state index is 12.4. The highest BCUT2D eigenvalue weighted by Crippen LogP contribution is 2.40. The standard InChI is InChI=1S/C18H15N3O6S2/c1-27-17(26)8-4-2-3-5-9(8)20-12(24)7-28-18-13(16(19)25)14-15(29-18)10(22)6-11(23)21-14/h2-6H,7H2,1H3,(H2,19,25)(H,20,24)(H2,21,22,23). The minimum absolute atomic E-state index is 0.0331. The van der Waals surface area contributed by atoms with E-state index in [1.165, 1.54) is 13.2 Å². The number of anilines is 1. The monoisotopic (exact) mass is 433 g/mol. The first-order valence-corrected chi connectivity index (χ1v) is 9.90. The minimum atomic E-state index is -0.795. The molecule has 5 N–H and O–H groups in total. The maximum absolute atomic E-state index is 12.4. The Morgan fingerprint density at radius 3 is 2.72 bits per heavy atom. The quantitative estimate of drug-likeness (QED) is 0.342. The summed E-state index contributed by atoms with van der Waals surface area (Å²) in [6.45, 7) is 0. The third kappa shape index (κ3) is 4.25. The van der Waals surface area contributed by atoms with E-state index >= 15 is 0 Å². The van der Waals surface area contributed by atoms with Gasteiger partial charge in [0.1, 0.15) is 5.75 Å². The molecule has 3 rings (SSSR count). The summed E-state index contributed by atoms with van der Waals surface area (Å²) in [7, 11) is 1.24. The van der Waals surface area contributed by atoms with Gasteiger partial charge >= 0.3 is 5.97 Å². The van der Waals surface area contributed by atoms with E-state index < -0.39 is 23.3 Å². The molecular formula is C18H15N3O6S2. The summed E-state index contributed by atoms with van der Waals surface area (Å²) in [4.78, 5) is 50.1. The van der Waals surface area contributed by atoms with Crippen LogP contribution in [0.4, 0.5) is 5.69 Å². The third-order valence-electron chi connectivity index (χ3n) is 3.81. The van der Waals surface area contributed by atoms with Crippen LogP contribution in [0.3, 0.4) is 0 Å². The normalized spacial score (nSPS) is 10.7. The summed E-state index contributed by atoms with van der Waals surface area (Å²) in [6, 6.07) is 7.37. The zero-order valence-corrected chi connectivity index (χ0v) is 16.6. The molecule has 0 atom stereocenters. The number of amides is 2. The molecule has 0 saturated carbocycles. The van der Waals surface area contributed by atoms with Crippen molar-refractivity contribution in [1.29, 1.82) is 0 Å². The number of thiophene rings is 1. The Labute approximate surface area is 171 Å². The third-order valence-corrected chi connectivity index (χ3v) is 6.30. The molecule has 9 nitrogen and oxygen atoms in total. The lowest BCUT2D eigenvalue weighted by atomic mass is 10.2. The number of rotatable bonds is 6. The van der Waals surface area contributed by atoms with E-state index in [0.29, 0.717) is 9.90 Å². The number of aromatic nitrogens is 1. The van der Waals surface area contributed by atoms with Crippen molar-refractivity contribution in [2.45, 2.75) is 4.21 Å². The number of methoxy groups -OCH3 is 1. The van der Waals surface area contributed by atoms with Crippen LogP contribution in [0.5, 0.6) is 5.75 Å². The fourth-order valence-corrected chi connectivity index (χ4v) is 4.83. The van der Waals surface area contributed by atoms with Crippen molar-refractivity contribution in [3.05, 3.63) is 51.8 Å². The summed E-state index contributed by atoms with van der Waals surface area (Å²) in [6.07, 6.45) is 0. The van der Waals surface area contributed by atoms with Crippen LogP contribution in [-0.4, -0.2) is 40.7 Å². The Morgan fingerprint density at radius 2 is 2.03 bits per heavy atom. The summed E-state index contributed by atoms with van der Waals surface area (Å²) >= 11 is 2.05. The summed E-state index contributed by atoms with van der Waals surface area (Å²) in [5.74, 6) is -2.20. The molecule has 0 spiro atoms. The number of esters is 1. The van der Waals surface area contributed by atoms with Gasteiger partial charge in [-0.1, -0.05) is 12.1 Å². The van der Waals surface area contributed by atoms with Gasteiger partial charge in [-0.25, -0.2) is 4.79 Å². The summed E-state index contributed by atoms with van der Waals surface area (Å²) < 4.78 is 5.35. The van der Waals surface area contributed by atoms with Crippen LogP contribution in [0.25, 0.3) is 10.2 Å². The van der Waals surface area contributed by atoms with Crippen LogP contribution in [-0.2, 0) is 9.53 Å². The lowest BCUT2D eigenvalue weighted by Gasteiger charge is -2.09. The highest BCUT2D eigenvalue weighted by molar-refractivity contribution is 8.02. The minimum Gasteiger partial charge on any atom is -0.506 e. The van der Waals surface area contributed by atoms with Gasteiger partial charge in [-0.15, -0.1) is 23.1 Å². The molecule has 0 aliphatic carbocycles. The number of para-hydroxylation sites is 1. The molecule has 0 aliphatic rings. The van der Waals surface area contributed by atoms with Crippen LogP contribution >= 0.6 is 23.1 Å². The molecular weight excluding hydrogens is 418 g/mol. The number of benzene rings is 1. The topological polar surface area (TPSA) is 152 Å². The lowest BCUT2D eigenvalue weighted by molar-refractivity contribution is -0.113. The van der Waals surface area contributed by atoms with Crippen molar-refractivity contribution in [2.75, 3.05) is 18.2 Å². The molecule has 2 amide bonds. The molecule has 0 unspecified atom stereocenters. The largest absolute Gasteiger partial charge is 0.506 e. The average Bonchev–Trinajstić information content (AvgIpc) is 3.05. The molecule has 2 heterocycles. The number of carbonyl (C=O) groups is 3. The van der Waals surface area contributed by atoms with Gasteiger partial charge in [0, 0.05) is 6.07 Å². The number of aromatic hydroxyl groups is 1. The van der Waals surface area contributed by atoms with E-state index in [1.54, 1.807) is 18.2 Å². The van der Waals surface area contributed by atoms with Gasteiger partial charge in [0.2, 0.25) is 5.91 Å². The van der Waals surface area contributed by atoms with E-state index in [1.807, 2.05) is 0 Å². The number of aromatic amines is 1. The number of primary amides is 1. The van der Waals surface area contributed by atoms with Gasteiger partial charge < -0.3 is 25.9 Å². The highest BCUT2D eigenvalue weighted by Gasteiger charge is 2.21. The van der Waals surface area contributed by atoms with Crippen LogP contribution in [0.15, 0.2) is 39.3 Å². The number of nitrogens with two attached hydrogens (primary N) is 1. The van der Waals surface area contributed by atoms with Crippen molar-refractivity contribution in [1.82, 2.24) is 4.98 Å². The Bertz CT molecular complexity index is 1180. The number of carbonyl (C=O) groups excluding carboxylic acids is 3. The van der Waals surface area contributed by atoms with Crippen molar-refractivity contribution in [3.63, 3.8) is 0 Å². The zero-order valence-electron chi connectivity index (χ0n) is 15.0. The molecule has 0 saturated heterocycles. The number of pyridine rings is 1. The first kappa shape index (κ1) is 20.4. The lowest BCUT2D eigenvalue weighted by Crippen LogP contribution is -2.17. The summed E-state index contributed by atoms with van der Waals surface area (Å²) in [5.41, 5.74) is 5.50. The fourth-order valence-electron chi connectivity index (χ4n) is 2.58. The number of ether oxygens (including phenoxy) is 1. The van der Waals surface area contributed by atoms with E-state index in [-0.39, 0.29) is 32.8 Å². The Morgan fingerprint density at radius 1 is 1.31 bits per heavy atom. The van der Waals surface area contributed by atoms with Crippen molar-refractivity contribution in [2.24, 2.45) is 5.73 Å². The molecule has 0 fully saturated rings. The second kappa shape index (κ2) is 8.37. The first-order chi connectivity index (χ1) is 13.8. The second-order valence-electron chi connectivity index (χ2n) is 5.73. The number of thioether (sulfide) groups is 1. The van der Waals surface area contributed by atoms with Crippen molar-refractivity contribution < 1.29 is 24.2 Å². The number of H-pyrrole nitrogens is 1. The molecule has 150 valence electrons. The molecule has 0 bridgehead atoms. The average molecular weight is 433 g/mol. The van der Waals surface area contributed by atoms with Crippen LogP contribution in [0, 0.1) is 0 Å². The zero-order chi connectivity index (χ0) is 21.1. The smallest absolute Gasteiger partial charge is 0.339 e. The van der Waals surface area contributed by atoms with Crippen LogP contribution in [0.2, 0.25) is 0 Å². The highest BCUT2D eigenvalue weighted by atomic mass is 32.2. The SMILES string of the molecule is COC(=O)c1ccccc1NC(=O)CSc1sc2c(O)cc(=O)[nH]c2c1C(N)=O. The van der Waals surface area contributed by atoms with E-state index in [2.05, 4.69) is 15.0 Å². The van der Waals surface area contributed by atoms with Gasteiger partial charge in [-0.05, 0) is 12.1 Å². The molecule has 0 aliphatic heterocycles. The van der Waals surface area contributed by atoms with Gasteiger partial charge in [0.05, 0.1) is 44.1 Å². The molecule has 11 heteroatoms. The number of hydrogen-bond donors (Lipinski definition) is 4. The summed E-state index contributed by atoms with van der Waals surface area (Å²) in [5, 5.41) is 12.6. The van der Waals surface area contributed by atoms with Crippen LogP contribution < -0.4 is 16.6 Å². The Balaban J connectivity index is 1.83. The molecule has 3 aromatic rings. The van der Waals surface area contributed by atoms with Gasteiger partial charge in [0.15, 0.2) is 0 Å². The number of hydrogen-bond acceptors (Lipinski definition) is 8. The van der Waals surface area contributed by atoms with Gasteiger partial charge in [-0.2, -0.15) is 0 Å². The molecule has 29 heavy (non-hydrogen) atoms. The Kier molecular flexibility index (Phi) is 5.89. The number of nitrogens with one attached hydrogen (secondary N) is 2. The van der Waals surface area contributed by atoms with E-state index in [9.17, 15) is 24.3 Å². The maximum Gasteiger partial charge on any atom is 0.339 e. The fraction of sp³-hybridized carbons (Fsp3) is 0.111. The van der Waals surface area contributed by atoms with Crippen LogP contribution in [0.1, 0.15) is 20.7 Å². The second-order valence-corrected chi connectivity index (χ2v) is 7.99. The van der Waals surface area contributed by atoms with Crippen molar-refractivity contribution in [3.8, 4) is 5.75 Å². The first-order valence-electron chi connectivity index (χ1n) is 8.10. The number of fused-ring (bicyclic) bond motifs is 1. The molecule has 1 aromatic carbocycles. The predicted molar refractivity (Wildman–Crippen MR) is 110 cm³/mol. The van der Waals surface area contributed by atoms with E-state index in [4.69, 9.17) is 5.73 Å². The predicted octanol–water partition coefficient (Wildman–Crippen LogP) is 1.91. The Hall–Kier alpha value is -3.31. The van der Waals surface area contributed by atoms with E-state index in [0.717, 1.165) is 29.2 Å². The van der Waals surface area contributed by atoms with Gasteiger partial charge in [-0.3, -0.25) is 14.4 Å². The molecule has 0 radical (unpaired) electrons. The van der Waals surface area contributed by atoms with Crippen molar-refractivity contribution >= 4 is 56.8 Å².